The average molecular weight is 1660 g/mol. The van der Waals surface area contributed by atoms with E-state index in [2.05, 4.69) is 19.1 Å². The Morgan fingerprint density at radius 3 is 0.716 bits per heavy atom. The zero-order valence-corrected chi connectivity index (χ0v) is 57.4. The fraction of sp³-hybridized carbons (Fsp3) is 0.746. The highest BCUT2D eigenvalue weighted by atomic mass is 19.5. The molecule has 42 heteroatoms. The third-order valence-electron chi connectivity index (χ3n) is 17.9. The quantitative estimate of drug-likeness (QED) is 0.0217. The van der Waals surface area contributed by atoms with E-state index in [9.17, 15) is 172 Å². The summed E-state index contributed by atoms with van der Waals surface area (Å²) in [5.41, 5.74) is -36.8. The first kappa shape index (κ1) is 99.1. The number of alkyl halides is 36. The summed E-state index contributed by atoms with van der Waals surface area (Å²) in [5, 5.41) is 0. The van der Waals surface area contributed by atoms with Gasteiger partial charge in [-0.25, -0.2) is 0 Å². The van der Waals surface area contributed by atoms with Crippen molar-refractivity contribution in [3.05, 3.63) is 81.9 Å². The zero-order chi connectivity index (χ0) is 84.2. The molecule has 0 radical (unpaired) electrons. The van der Waals surface area contributed by atoms with E-state index in [1.165, 1.54) is 0 Å². The van der Waals surface area contributed by atoms with Gasteiger partial charge in [-0.2, -0.15) is 158 Å². The summed E-state index contributed by atoms with van der Waals surface area (Å²) in [4.78, 5) is 38.7. The Labute approximate surface area is 600 Å². The van der Waals surface area contributed by atoms with E-state index in [1.807, 2.05) is 0 Å². The van der Waals surface area contributed by atoms with Gasteiger partial charge in [0.25, 0.3) is 21.7 Å². The van der Waals surface area contributed by atoms with Gasteiger partial charge in [0.15, 0.2) is 6.10 Å². The molecule has 0 aliphatic carbocycles. The lowest BCUT2D eigenvalue weighted by molar-refractivity contribution is -0.428. The standard InChI is InChI=1S/C67H76F36O6/c1-2-3-4-5-6-7-8-9-10-11-12-13-14-15-24-29-51(106)109-48(40-107-49(104)27-22-18-16-20-25-42-30-44(36-52(56(68,69)70,57(71,72)73)58(74,75)76)34-45(31-42)37-53(59(77,78)79,60(80,81)82)61(83,84)85)41-108-50(105)28-23-19-17-21-26-43-32-46(38-54(62(86,87)88,63(89,90)91)64(92,93)94)35-47(33-43)39-55(65(95,96)97,66(98,99)100)67(101,102)103/h9-10,30-35,48H,2-8,11-29,36-41H2,1H3/b10-9-. The Bertz CT molecular complexity index is 2670. The number of rotatable bonds is 42. The van der Waals surface area contributed by atoms with E-state index in [0.717, 1.165) is 64.2 Å². The maximum atomic E-state index is 13.9. The molecule has 0 saturated heterocycles. The Balaban J connectivity index is 2.34. The molecule has 0 fully saturated rings. The summed E-state index contributed by atoms with van der Waals surface area (Å²) in [5.74, 6) is -3.21. The van der Waals surface area contributed by atoms with Gasteiger partial charge in [-0.15, -0.1) is 0 Å². The summed E-state index contributed by atoms with van der Waals surface area (Å²) in [7, 11) is 0. The first-order valence-corrected chi connectivity index (χ1v) is 33.6. The molecule has 0 unspecified atom stereocenters. The van der Waals surface area contributed by atoms with E-state index >= 15 is 0 Å². The Morgan fingerprint density at radius 2 is 0.477 bits per heavy atom. The lowest BCUT2D eigenvalue weighted by Crippen LogP contribution is -2.61. The molecule has 632 valence electrons. The molecule has 0 spiro atoms. The maximum absolute atomic E-state index is 13.9. The number of carbonyl (C=O) groups excluding carboxylic acids is 3. The van der Waals surface area contributed by atoms with Crippen molar-refractivity contribution in [1.29, 1.82) is 0 Å². The molecule has 0 bridgehead atoms. The molecule has 0 heterocycles. The van der Waals surface area contributed by atoms with Gasteiger partial charge in [0.05, 0.1) is 0 Å². The van der Waals surface area contributed by atoms with E-state index < -0.39 is 243 Å². The first-order valence-electron chi connectivity index (χ1n) is 33.6. The van der Waals surface area contributed by atoms with Crippen LogP contribution in [0.5, 0.6) is 0 Å². The van der Waals surface area contributed by atoms with Crippen LogP contribution in [0.3, 0.4) is 0 Å². The molecular weight excluding hydrogens is 1580 g/mol. The third kappa shape index (κ3) is 26.9. The lowest BCUT2D eigenvalue weighted by atomic mass is 9.76. The summed E-state index contributed by atoms with van der Waals surface area (Å²) < 4.78 is 517. The lowest BCUT2D eigenvalue weighted by Gasteiger charge is -2.39. The van der Waals surface area contributed by atoms with Crippen molar-refractivity contribution in [1.82, 2.24) is 0 Å². The van der Waals surface area contributed by atoms with E-state index in [-0.39, 0.29) is 75.6 Å². The predicted molar refractivity (Wildman–Crippen MR) is 315 cm³/mol. The van der Waals surface area contributed by atoms with Crippen LogP contribution in [0, 0.1) is 21.7 Å². The number of allylic oxidation sites excluding steroid dienone is 2. The second-order valence-corrected chi connectivity index (χ2v) is 26.3. The zero-order valence-electron chi connectivity index (χ0n) is 57.4. The third-order valence-corrected chi connectivity index (χ3v) is 17.9. The van der Waals surface area contributed by atoms with Crippen LogP contribution in [0.1, 0.15) is 194 Å². The van der Waals surface area contributed by atoms with Crippen LogP contribution in [-0.4, -0.2) is 111 Å². The van der Waals surface area contributed by atoms with Gasteiger partial charge in [-0.1, -0.05) is 133 Å². The minimum Gasteiger partial charge on any atom is -0.462 e. The molecule has 0 saturated carbocycles. The number of hydrogen-bond donors (Lipinski definition) is 0. The monoisotopic (exact) mass is 1660 g/mol. The van der Waals surface area contributed by atoms with Crippen LogP contribution in [0.4, 0.5) is 158 Å². The van der Waals surface area contributed by atoms with Crippen molar-refractivity contribution in [2.24, 2.45) is 21.7 Å². The maximum Gasteiger partial charge on any atom is 0.412 e. The molecule has 0 aliphatic heterocycles. The highest BCUT2D eigenvalue weighted by molar-refractivity contribution is 5.71. The minimum absolute atomic E-state index is 0.0566. The van der Waals surface area contributed by atoms with Crippen molar-refractivity contribution in [2.75, 3.05) is 13.2 Å². The Kier molecular flexibility index (Phi) is 35.7. The molecule has 2 aromatic rings. The van der Waals surface area contributed by atoms with Crippen LogP contribution >= 0.6 is 0 Å². The Morgan fingerprint density at radius 1 is 0.275 bits per heavy atom. The van der Waals surface area contributed by atoms with Crippen molar-refractivity contribution in [2.45, 2.75) is 280 Å². The van der Waals surface area contributed by atoms with E-state index in [4.69, 9.17) is 14.2 Å². The van der Waals surface area contributed by atoms with E-state index in [0.29, 0.717) is 12.8 Å². The molecule has 0 aromatic heterocycles. The van der Waals surface area contributed by atoms with Crippen LogP contribution < -0.4 is 0 Å². The molecule has 6 nitrogen and oxygen atoms in total. The van der Waals surface area contributed by atoms with Crippen LogP contribution in [0.2, 0.25) is 0 Å². The summed E-state index contributed by atoms with van der Waals surface area (Å²) in [6.45, 7) is 0.317. The number of benzene rings is 2. The smallest absolute Gasteiger partial charge is 0.412 e. The van der Waals surface area contributed by atoms with Gasteiger partial charge < -0.3 is 14.2 Å². The number of ether oxygens (including phenoxy) is 3. The fourth-order valence-electron chi connectivity index (χ4n) is 11.9. The first-order chi connectivity index (χ1) is 49.4. The van der Waals surface area contributed by atoms with Crippen molar-refractivity contribution >= 4 is 17.9 Å². The number of hydrogen-bond acceptors (Lipinski definition) is 6. The van der Waals surface area contributed by atoms with Crippen LogP contribution in [0.25, 0.3) is 0 Å². The van der Waals surface area contributed by atoms with E-state index in [1.54, 1.807) is 0 Å². The van der Waals surface area contributed by atoms with Crippen LogP contribution in [0.15, 0.2) is 48.6 Å². The van der Waals surface area contributed by atoms with Gasteiger partial charge in [-0.05, 0) is 104 Å². The largest absolute Gasteiger partial charge is 0.462 e. The van der Waals surface area contributed by atoms with Crippen LogP contribution in [-0.2, 0) is 67.1 Å². The molecule has 0 N–H and O–H groups in total. The second-order valence-electron chi connectivity index (χ2n) is 26.3. The van der Waals surface area contributed by atoms with Gasteiger partial charge >= 0.3 is 92.0 Å². The highest BCUT2D eigenvalue weighted by Crippen LogP contribution is 2.66. The molecular formula is C67H76F36O6. The second kappa shape index (κ2) is 39.2. The number of unbranched alkanes of at least 4 members (excludes halogenated alkanes) is 17. The fourth-order valence-corrected chi connectivity index (χ4v) is 11.9. The molecule has 2 aromatic carbocycles. The highest BCUT2D eigenvalue weighted by Gasteiger charge is 2.86. The molecule has 0 amide bonds. The van der Waals surface area contributed by atoms with Gasteiger partial charge in [-0.3, -0.25) is 14.4 Å². The normalized spacial score (nSPS) is 14.3. The van der Waals surface area contributed by atoms with Gasteiger partial charge in [0.1, 0.15) is 13.2 Å². The number of carbonyl (C=O) groups is 3. The Hall–Kier alpha value is -5.93. The molecule has 0 aliphatic rings. The summed E-state index contributed by atoms with van der Waals surface area (Å²) in [6, 6.07) is -0.835. The molecule has 2 rings (SSSR count). The number of esters is 3. The predicted octanol–water partition coefficient (Wildman–Crippen LogP) is 25.3. The van der Waals surface area contributed by atoms with Crippen molar-refractivity contribution < 1.29 is 187 Å². The molecule has 109 heavy (non-hydrogen) atoms. The summed E-state index contributed by atoms with van der Waals surface area (Å²) >= 11 is 0. The minimum atomic E-state index is -7.36. The van der Waals surface area contributed by atoms with Gasteiger partial charge in [0.2, 0.25) is 0 Å². The van der Waals surface area contributed by atoms with Gasteiger partial charge in [0, 0.05) is 44.9 Å². The topological polar surface area (TPSA) is 78.9 Å². The summed E-state index contributed by atoms with van der Waals surface area (Å²) in [6.07, 6.45) is -93.2. The molecule has 0 atom stereocenters. The average Bonchev–Trinajstić information content (AvgIpc) is 0.733. The van der Waals surface area contributed by atoms with Crippen molar-refractivity contribution in [3.8, 4) is 0 Å². The SMILES string of the molecule is CCCCCCCC/C=C\CCCCCCCC(=O)OC(COC(=O)CCCCCCc1cc(CC(C(F)(F)F)(C(F)(F)F)C(F)(F)F)cc(CC(C(F)(F)F)(C(F)(F)F)C(F)(F)F)c1)COC(=O)CCCCCCc1cc(CC(C(F)(F)F)(C(F)(F)F)C(F)(F)F)cc(CC(C(F)(F)F)(C(F)(F)F)C(F)(F)F)c1. The van der Waals surface area contributed by atoms with Crippen molar-refractivity contribution in [3.63, 3.8) is 0 Å². The number of aryl methyl sites for hydroxylation is 2. The number of halogens is 36.